The van der Waals surface area contributed by atoms with Crippen LogP contribution in [0.2, 0.25) is 0 Å². The van der Waals surface area contributed by atoms with Crippen LogP contribution >= 0.6 is 0 Å². The van der Waals surface area contributed by atoms with Crippen molar-refractivity contribution in [1.29, 1.82) is 0 Å². The Labute approximate surface area is 240 Å². The molecule has 0 saturated heterocycles. The fraction of sp³-hybridized carbons (Fsp3) is 0.111. The number of imidazole rings is 1. The van der Waals surface area contributed by atoms with E-state index in [9.17, 15) is 0 Å². The van der Waals surface area contributed by atoms with Gasteiger partial charge in [0.25, 0.3) is 0 Å². The van der Waals surface area contributed by atoms with E-state index in [-0.39, 0.29) is 5.41 Å². The van der Waals surface area contributed by atoms with E-state index in [1.54, 1.807) is 12.5 Å². The second-order valence-electron chi connectivity index (χ2n) is 10.9. The molecule has 6 aromatic rings. The second kappa shape index (κ2) is 11.1. The van der Waals surface area contributed by atoms with Crippen molar-refractivity contribution >= 4 is 0 Å². The topological polar surface area (TPSA) is 49.2 Å². The van der Waals surface area contributed by atoms with Gasteiger partial charge in [0.1, 0.15) is 23.0 Å². The molecule has 0 spiro atoms. The van der Waals surface area contributed by atoms with Crippen molar-refractivity contribution in [2.75, 3.05) is 0 Å². The molecule has 2 aromatic heterocycles. The highest BCUT2D eigenvalue weighted by atomic mass is 16.5. The van der Waals surface area contributed by atoms with Crippen LogP contribution in [0.5, 0.6) is 23.0 Å². The largest absolute Gasteiger partial charge is 0.457 e. The van der Waals surface area contributed by atoms with E-state index < -0.39 is 0 Å². The van der Waals surface area contributed by atoms with Crippen LogP contribution in [0.4, 0.5) is 0 Å². The molecule has 0 N–H and O–H groups in total. The molecule has 0 radical (unpaired) electrons. The highest BCUT2D eigenvalue weighted by Crippen LogP contribution is 2.35. The van der Waals surface area contributed by atoms with Crippen molar-refractivity contribution < 1.29 is 9.47 Å². The first-order chi connectivity index (χ1) is 19.9. The quantitative estimate of drug-likeness (QED) is 0.203. The number of aromatic nitrogens is 3. The Kier molecular flexibility index (Phi) is 7.09. The van der Waals surface area contributed by atoms with Crippen molar-refractivity contribution in [3.63, 3.8) is 0 Å². The van der Waals surface area contributed by atoms with Gasteiger partial charge >= 0.3 is 0 Å². The van der Waals surface area contributed by atoms with Crippen LogP contribution in [-0.2, 0) is 5.41 Å². The maximum atomic E-state index is 6.26. The van der Waals surface area contributed by atoms with E-state index in [4.69, 9.17) is 14.5 Å². The normalized spacial score (nSPS) is 11.3. The lowest BCUT2D eigenvalue weighted by Gasteiger charge is -2.21. The maximum absolute atomic E-state index is 6.26. The van der Waals surface area contributed by atoms with Crippen LogP contribution < -0.4 is 9.47 Å². The molecule has 4 aromatic carbocycles. The van der Waals surface area contributed by atoms with Gasteiger partial charge in [-0.25, -0.2) is 4.98 Å². The summed E-state index contributed by atoms with van der Waals surface area (Å²) >= 11 is 0. The van der Waals surface area contributed by atoms with Gasteiger partial charge in [-0.1, -0.05) is 63.2 Å². The van der Waals surface area contributed by atoms with Crippen LogP contribution in [0.3, 0.4) is 0 Å². The van der Waals surface area contributed by atoms with Crippen LogP contribution in [0.15, 0.2) is 134 Å². The summed E-state index contributed by atoms with van der Waals surface area (Å²) in [6.07, 6.45) is 7.29. The molecule has 202 valence electrons. The van der Waals surface area contributed by atoms with Gasteiger partial charge in [0.15, 0.2) is 0 Å². The molecule has 0 saturated carbocycles. The van der Waals surface area contributed by atoms with Crippen molar-refractivity contribution in [3.05, 3.63) is 140 Å². The number of hydrogen-bond acceptors (Lipinski definition) is 4. The summed E-state index contributed by atoms with van der Waals surface area (Å²) in [5, 5.41) is 0. The van der Waals surface area contributed by atoms with Crippen LogP contribution in [-0.4, -0.2) is 14.5 Å². The molecule has 5 nitrogen and oxygen atoms in total. The minimum absolute atomic E-state index is 0.0402. The molecular weight excluding hydrogens is 506 g/mol. The van der Waals surface area contributed by atoms with E-state index in [2.05, 4.69) is 56.1 Å². The minimum Gasteiger partial charge on any atom is -0.457 e. The van der Waals surface area contributed by atoms with Gasteiger partial charge in [0.2, 0.25) is 0 Å². The first-order valence-electron chi connectivity index (χ1n) is 13.6. The molecule has 0 aliphatic rings. The molecule has 0 unspecified atom stereocenters. The van der Waals surface area contributed by atoms with E-state index in [1.165, 1.54) is 5.56 Å². The third-order valence-electron chi connectivity index (χ3n) is 6.83. The summed E-state index contributed by atoms with van der Waals surface area (Å²) in [5.74, 6) is 3.11. The average molecular weight is 538 g/mol. The molecule has 0 aliphatic carbocycles. The fourth-order valence-corrected chi connectivity index (χ4v) is 4.62. The smallest absolute Gasteiger partial charge is 0.129 e. The third-order valence-corrected chi connectivity index (χ3v) is 6.83. The number of rotatable bonds is 7. The molecule has 41 heavy (non-hydrogen) atoms. The zero-order valence-electron chi connectivity index (χ0n) is 23.4. The van der Waals surface area contributed by atoms with E-state index in [1.807, 2.05) is 95.8 Å². The molecule has 0 bridgehead atoms. The summed E-state index contributed by atoms with van der Waals surface area (Å²) in [5.41, 5.74) is 6.14. The zero-order valence-corrected chi connectivity index (χ0v) is 23.4. The number of para-hydroxylation sites is 1. The Morgan fingerprint density at radius 2 is 1.32 bits per heavy atom. The van der Waals surface area contributed by atoms with Crippen LogP contribution in [0.25, 0.3) is 28.1 Å². The van der Waals surface area contributed by atoms with E-state index in [0.29, 0.717) is 0 Å². The number of nitrogens with zero attached hydrogens (tertiary/aromatic N) is 3. The summed E-state index contributed by atoms with van der Waals surface area (Å²) in [6.45, 7) is 6.65. The maximum Gasteiger partial charge on any atom is 0.129 e. The van der Waals surface area contributed by atoms with E-state index >= 15 is 0 Å². The van der Waals surface area contributed by atoms with Gasteiger partial charge in [-0.3, -0.25) is 4.98 Å². The van der Waals surface area contributed by atoms with Crippen molar-refractivity contribution in [3.8, 4) is 51.1 Å². The highest BCUT2D eigenvalue weighted by molar-refractivity contribution is 5.72. The molecule has 6 rings (SSSR count). The van der Waals surface area contributed by atoms with Crippen LogP contribution in [0, 0.1) is 0 Å². The molecular formula is C36H31N3O2. The lowest BCUT2D eigenvalue weighted by molar-refractivity contribution is 0.479. The monoisotopic (exact) mass is 537 g/mol. The number of pyridine rings is 1. The SMILES string of the molecule is CC(C)(C)c1cc(Oc2ccccc2)cc(-c2ccnc(-c3cccc(Oc4cccc(-n5ccnc5)c4)c3)c2)c1. The summed E-state index contributed by atoms with van der Waals surface area (Å²) in [7, 11) is 0. The summed E-state index contributed by atoms with van der Waals surface area (Å²) < 4.78 is 14.4. The van der Waals surface area contributed by atoms with Gasteiger partial charge in [0, 0.05) is 30.2 Å². The zero-order chi connectivity index (χ0) is 28.2. The Hall–Kier alpha value is -5.16. The Bertz CT molecular complexity index is 1770. The standard InChI is InChI=1S/C36H31N3O2/c1-36(2,3)29-19-28(21-34(23-29)40-31-11-5-4-6-12-31)26-15-16-38-35(22-26)27-9-7-13-32(20-27)41-33-14-8-10-30(24-33)39-18-17-37-25-39/h4-25H,1-3H3. The third kappa shape index (κ3) is 6.20. The summed E-state index contributed by atoms with van der Waals surface area (Å²) in [4.78, 5) is 8.83. The predicted molar refractivity (Wildman–Crippen MR) is 164 cm³/mol. The number of benzene rings is 4. The summed E-state index contributed by atoms with van der Waals surface area (Å²) in [6, 6.07) is 36.4. The van der Waals surface area contributed by atoms with E-state index in [0.717, 1.165) is 51.1 Å². The Morgan fingerprint density at radius 1 is 0.585 bits per heavy atom. The van der Waals surface area contributed by atoms with Gasteiger partial charge in [-0.2, -0.15) is 0 Å². The van der Waals surface area contributed by atoms with Crippen LogP contribution in [0.1, 0.15) is 26.3 Å². The second-order valence-corrected chi connectivity index (χ2v) is 10.9. The number of ether oxygens (including phenoxy) is 2. The van der Waals surface area contributed by atoms with Crippen molar-refractivity contribution in [2.24, 2.45) is 0 Å². The lowest BCUT2D eigenvalue weighted by Crippen LogP contribution is -2.11. The average Bonchev–Trinajstić information content (AvgIpc) is 3.53. The molecule has 0 amide bonds. The first-order valence-corrected chi connectivity index (χ1v) is 13.6. The Balaban J connectivity index is 1.30. The molecule has 0 atom stereocenters. The molecule has 2 heterocycles. The fourth-order valence-electron chi connectivity index (χ4n) is 4.62. The van der Waals surface area contributed by atoms with Crippen molar-refractivity contribution in [2.45, 2.75) is 26.2 Å². The molecule has 0 aliphatic heterocycles. The van der Waals surface area contributed by atoms with Gasteiger partial charge in [0.05, 0.1) is 17.7 Å². The Morgan fingerprint density at radius 3 is 2.10 bits per heavy atom. The van der Waals surface area contributed by atoms with Crippen molar-refractivity contribution in [1.82, 2.24) is 14.5 Å². The first kappa shape index (κ1) is 26.1. The van der Waals surface area contributed by atoms with Gasteiger partial charge in [-0.05, 0) is 82.8 Å². The molecule has 5 heteroatoms. The minimum atomic E-state index is -0.0402. The van der Waals surface area contributed by atoms with Gasteiger partial charge in [-0.15, -0.1) is 0 Å². The highest BCUT2D eigenvalue weighted by Gasteiger charge is 2.17. The number of hydrogen-bond donors (Lipinski definition) is 0. The molecule has 0 fully saturated rings. The predicted octanol–water partition coefficient (Wildman–Crippen LogP) is 9.48. The van der Waals surface area contributed by atoms with Gasteiger partial charge < -0.3 is 14.0 Å². The lowest BCUT2D eigenvalue weighted by atomic mass is 9.85.